The quantitative estimate of drug-likeness (QED) is 0.669. The lowest BCUT2D eigenvalue weighted by atomic mass is 10.1. The van der Waals surface area contributed by atoms with Crippen LogP contribution in [0.3, 0.4) is 0 Å². The molecule has 1 aromatic heterocycles. The highest BCUT2D eigenvalue weighted by Gasteiger charge is 2.08. The first kappa shape index (κ1) is 8.77. The average Bonchev–Trinajstić information content (AvgIpc) is 1.82. The number of nitrogens with zero attached hydrogens (tertiary/aromatic N) is 2. The smallest absolute Gasteiger partial charge is 0.128 e. The largest absolute Gasteiger partial charge is 0.844 e. The van der Waals surface area contributed by atoms with Gasteiger partial charge >= 0.3 is 0 Å². The lowest BCUT2D eigenvalue weighted by Gasteiger charge is -2.21. The van der Waals surface area contributed by atoms with Crippen LogP contribution in [0.1, 0.15) is 20.8 Å². The van der Waals surface area contributed by atoms with Gasteiger partial charge in [0.15, 0.2) is 0 Å². The molecule has 0 saturated carbocycles. The van der Waals surface area contributed by atoms with Gasteiger partial charge in [-0.2, -0.15) is 0 Å². The molecule has 1 N–H and O–H groups in total. The van der Waals surface area contributed by atoms with Crippen LogP contribution in [0.4, 0.5) is 5.82 Å². The summed E-state index contributed by atoms with van der Waals surface area (Å²) in [6.07, 6.45) is 1.45. The fourth-order valence-electron chi connectivity index (χ4n) is 0.795. The molecule has 0 amide bonds. The molecule has 1 heterocycles. The molecule has 0 radical (unpaired) electrons. The van der Waals surface area contributed by atoms with E-state index < -0.39 is 6.01 Å². The first-order valence-electron chi connectivity index (χ1n) is 3.76. The van der Waals surface area contributed by atoms with E-state index in [1.165, 1.54) is 6.20 Å². The zero-order valence-electron chi connectivity index (χ0n) is 7.46. The molecule has 0 bridgehead atoms. The van der Waals surface area contributed by atoms with Gasteiger partial charge in [-0.3, -0.25) is 4.98 Å². The van der Waals surface area contributed by atoms with E-state index in [0.717, 1.165) is 0 Å². The number of hydrogen-bond acceptors (Lipinski definition) is 4. The van der Waals surface area contributed by atoms with E-state index in [1.54, 1.807) is 6.07 Å². The molecule has 4 heteroatoms. The van der Waals surface area contributed by atoms with Crippen LogP contribution in [0.25, 0.3) is 0 Å². The molecule has 12 heavy (non-hydrogen) atoms. The standard InChI is InChI=1S/C8H13N3O/c1-8(2,3)11-6-4-5-9-7(12)10-6/h4-5H,1-3H3,(H2,9,10,11,12)/p-1. The monoisotopic (exact) mass is 166 g/mol. The van der Waals surface area contributed by atoms with Crippen molar-refractivity contribution in [3.63, 3.8) is 0 Å². The maximum Gasteiger partial charge on any atom is 0.128 e. The molecule has 0 aliphatic heterocycles. The molecule has 66 valence electrons. The predicted octanol–water partition coefficient (Wildman–Crippen LogP) is 0.761. The summed E-state index contributed by atoms with van der Waals surface area (Å²) < 4.78 is 0. The highest BCUT2D eigenvalue weighted by molar-refractivity contribution is 5.36. The Morgan fingerprint density at radius 1 is 1.42 bits per heavy atom. The zero-order chi connectivity index (χ0) is 9.19. The van der Waals surface area contributed by atoms with Crippen LogP contribution >= 0.6 is 0 Å². The van der Waals surface area contributed by atoms with Crippen LogP contribution in [-0.2, 0) is 0 Å². The third-order valence-electron chi connectivity index (χ3n) is 1.14. The summed E-state index contributed by atoms with van der Waals surface area (Å²) in [6.45, 7) is 6.00. The molecule has 0 spiro atoms. The van der Waals surface area contributed by atoms with Crippen molar-refractivity contribution in [2.24, 2.45) is 0 Å². The Bertz CT molecular complexity index is 267. The highest BCUT2D eigenvalue weighted by atomic mass is 16.3. The van der Waals surface area contributed by atoms with E-state index in [1.807, 2.05) is 20.8 Å². The molecule has 0 aliphatic carbocycles. The van der Waals surface area contributed by atoms with Gasteiger partial charge < -0.3 is 10.4 Å². The maximum atomic E-state index is 10.7. The van der Waals surface area contributed by atoms with Gasteiger partial charge in [-0.15, -0.1) is 0 Å². The van der Waals surface area contributed by atoms with Crippen molar-refractivity contribution < 1.29 is 5.11 Å². The fourth-order valence-corrected chi connectivity index (χ4v) is 0.795. The number of nitrogens with one attached hydrogen (secondary N) is 1. The Morgan fingerprint density at radius 3 is 2.58 bits per heavy atom. The van der Waals surface area contributed by atoms with Gasteiger partial charge in [0.1, 0.15) is 5.82 Å². The van der Waals surface area contributed by atoms with Gasteiger partial charge in [-0.1, -0.05) is 0 Å². The molecule has 0 aliphatic rings. The molecule has 1 rings (SSSR count). The van der Waals surface area contributed by atoms with Gasteiger partial charge in [-0.25, -0.2) is 4.98 Å². The predicted molar refractivity (Wildman–Crippen MR) is 44.9 cm³/mol. The first-order valence-corrected chi connectivity index (χ1v) is 3.76. The van der Waals surface area contributed by atoms with Crippen molar-refractivity contribution in [2.75, 3.05) is 5.32 Å². The summed E-state index contributed by atoms with van der Waals surface area (Å²) >= 11 is 0. The average molecular weight is 166 g/mol. The number of rotatable bonds is 1. The Hall–Kier alpha value is -1.32. The number of anilines is 1. The SMILES string of the molecule is CC(C)(C)Nc1ccnc([O-])n1. The van der Waals surface area contributed by atoms with E-state index in [4.69, 9.17) is 0 Å². The third kappa shape index (κ3) is 2.74. The Morgan fingerprint density at radius 2 is 2.08 bits per heavy atom. The van der Waals surface area contributed by atoms with Gasteiger partial charge in [-0.05, 0) is 26.8 Å². The van der Waals surface area contributed by atoms with E-state index in [-0.39, 0.29) is 5.54 Å². The Kier molecular flexibility index (Phi) is 2.17. The van der Waals surface area contributed by atoms with Crippen molar-refractivity contribution in [3.8, 4) is 6.01 Å². The minimum absolute atomic E-state index is 0.0825. The minimum atomic E-state index is -0.454. The van der Waals surface area contributed by atoms with Gasteiger partial charge in [0.05, 0.1) is 6.01 Å². The molecule has 0 atom stereocenters. The van der Waals surface area contributed by atoms with Crippen LogP contribution in [0, 0.1) is 0 Å². The van der Waals surface area contributed by atoms with Gasteiger partial charge in [0.25, 0.3) is 0 Å². The first-order chi connectivity index (χ1) is 5.47. The second kappa shape index (κ2) is 2.97. The van der Waals surface area contributed by atoms with Crippen LogP contribution in [0.5, 0.6) is 6.01 Å². The molecule has 0 unspecified atom stereocenters. The van der Waals surface area contributed by atoms with Crippen LogP contribution in [0.2, 0.25) is 0 Å². The lowest BCUT2D eigenvalue weighted by molar-refractivity contribution is -0.281. The summed E-state index contributed by atoms with van der Waals surface area (Å²) in [5.74, 6) is 0.572. The maximum absolute atomic E-state index is 10.7. The van der Waals surface area contributed by atoms with Gasteiger partial charge in [0, 0.05) is 11.7 Å². The molecule has 1 aromatic rings. The number of aromatic nitrogens is 2. The molecule has 0 aromatic carbocycles. The summed E-state index contributed by atoms with van der Waals surface area (Å²) in [4.78, 5) is 7.14. The fraction of sp³-hybridized carbons (Fsp3) is 0.500. The molecule has 0 fully saturated rings. The second-order valence-corrected chi connectivity index (χ2v) is 3.60. The minimum Gasteiger partial charge on any atom is -0.844 e. The van der Waals surface area contributed by atoms with Crippen molar-refractivity contribution in [1.29, 1.82) is 0 Å². The summed E-state index contributed by atoms with van der Waals surface area (Å²) in [5.41, 5.74) is -0.0825. The molecule has 0 saturated heterocycles. The molecular formula is C8H12N3O-. The lowest BCUT2D eigenvalue weighted by Crippen LogP contribution is -2.26. The summed E-state index contributed by atoms with van der Waals surface area (Å²) in [7, 11) is 0. The van der Waals surface area contributed by atoms with Crippen LogP contribution in [0.15, 0.2) is 12.3 Å². The highest BCUT2D eigenvalue weighted by Crippen LogP contribution is 2.11. The van der Waals surface area contributed by atoms with E-state index >= 15 is 0 Å². The van der Waals surface area contributed by atoms with Crippen molar-refractivity contribution in [2.45, 2.75) is 26.3 Å². The van der Waals surface area contributed by atoms with E-state index in [0.29, 0.717) is 5.82 Å². The Balaban J connectivity index is 2.77. The zero-order valence-corrected chi connectivity index (χ0v) is 7.46. The van der Waals surface area contributed by atoms with Crippen molar-refractivity contribution >= 4 is 5.82 Å². The normalized spacial score (nSPS) is 11.2. The summed E-state index contributed by atoms with van der Waals surface area (Å²) in [5, 5.41) is 13.8. The van der Waals surface area contributed by atoms with Crippen LogP contribution in [-0.4, -0.2) is 15.5 Å². The molecule has 4 nitrogen and oxygen atoms in total. The van der Waals surface area contributed by atoms with Crippen molar-refractivity contribution in [1.82, 2.24) is 9.97 Å². The number of hydrogen-bond donors (Lipinski definition) is 1. The Labute approximate surface area is 71.7 Å². The van der Waals surface area contributed by atoms with E-state index in [2.05, 4.69) is 15.3 Å². The van der Waals surface area contributed by atoms with E-state index in [9.17, 15) is 5.11 Å². The molecular weight excluding hydrogens is 154 g/mol. The summed E-state index contributed by atoms with van der Waals surface area (Å²) in [6, 6.07) is 1.22. The van der Waals surface area contributed by atoms with Crippen LogP contribution < -0.4 is 10.4 Å². The van der Waals surface area contributed by atoms with Crippen molar-refractivity contribution in [3.05, 3.63) is 12.3 Å². The third-order valence-corrected chi connectivity index (χ3v) is 1.14. The van der Waals surface area contributed by atoms with Gasteiger partial charge in [0.2, 0.25) is 0 Å². The second-order valence-electron chi connectivity index (χ2n) is 3.60. The topological polar surface area (TPSA) is 60.9 Å².